The monoisotopic (exact) mass is 512 g/mol. The number of nitrogens with one attached hydrogen (secondary N) is 2. The van der Waals surface area contributed by atoms with Crippen LogP contribution in [0.3, 0.4) is 0 Å². The second-order valence-corrected chi connectivity index (χ2v) is 8.83. The number of nitrogens with zero attached hydrogens (tertiary/aromatic N) is 2. The van der Waals surface area contributed by atoms with E-state index in [1.165, 1.54) is 7.11 Å². The van der Waals surface area contributed by atoms with Crippen molar-refractivity contribution >= 4 is 34.9 Å². The second kappa shape index (κ2) is 10.6. The molecule has 2 N–H and O–H groups in total. The molecule has 1 aliphatic heterocycles. The Balaban J connectivity index is 1.46. The molecular weight excluding hydrogens is 488 g/mol. The molecular formula is C28H24N4O4S. The van der Waals surface area contributed by atoms with Crippen molar-refractivity contribution in [2.75, 3.05) is 19.0 Å². The smallest absolute Gasteiger partial charge is 0.337 e. The number of carbonyl (C=O) groups is 2. The Morgan fingerprint density at radius 3 is 2.62 bits per heavy atom. The van der Waals surface area contributed by atoms with Gasteiger partial charge in [-0.3, -0.25) is 9.78 Å². The van der Waals surface area contributed by atoms with Crippen LogP contribution in [0.4, 0.5) is 5.69 Å². The fourth-order valence-corrected chi connectivity index (χ4v) is 4.65. The molecule has 0 bridgehead atoms. The molecule has 37 heavy (non-hydrogen) atoms. The topological polar surface area (TPSA) is 96.7 Å². The molecule has 0 aliphatic carbocycles. The Morgan fingerprint density at radius 2 is 1.86 bits per heavy atom. The highest BCUT2D eigenvalue weighted by Crippen LogP contribution is 2.40. The lowest BCUT2D eigenvalue weighted by Gasteiger charge is -2.25. The third-order valence-corrected chi connectivity index (χ3v) is 6.41. The van der Waals surface area contributed by atoms with Crippen LogP contribution < -0.4 is 10.6 Å². The summed E-state index contributed by atoms with van der Waals surface area (Å²) >= 11 is 5.65. The molecule has 2 atom stereocenters. The largest absolute Gasteiger partial charge is 0.465 e. The predicted molar refractivity (Wildman–Crippen MR) is 143 cm³/mol. The van der Waals surface area contributed by atoms with Crippen LogP contribution >= 0.6 is 12.2 Å². The third kappa shape index (κ3) is 5.22. The minimum Gasteiger partial charge on any atom is -0.465 e. The molecule has 1 fully saturated rings. The van der Waals surface area contributed by atoms with Crippen LogP contribution in [-0.2, 0) is 9.53 Å². The van der Waals surface area contributed by atoms with E-state index in [2.05, 4.69) is 15.6 Å². The van der Waals surface area contributed by atoms with Crippen LogP contribution in [0.25, 0.3) is 11.3 Å². The van der Waals surface area contributed by atoms with E-state index < -0.39 is 12.0 Å². The van der Waals surface area contributed by atoms with Crippen molar-refractivity contribution in [3.63, 3.8) is 0 Å². The zero-order valence-electron chi connectivity index (χ0n) is 20.0. The number of pyridine rings is 1. The van der Waals surface area contributed by atoms with Crippen molar-refractivity contribution < 1.29 is 18.7 Å². The summed E-state index contributed by atoms with van der Waals surface area (Å²) in [6.07, 6.45) is 1.72. The zero-order valence-corrected chi connectivity index (χ0v) is 20.8. The SMILES string of the molecule is COC(=O)c1cccc(-c2ccc(C3C(c4ccccn4)NC(=S)N3CC(=O)Nc3ccccc3)o2)c1. The Morgan fingerprint density at radius 1 is 1.05 bits per heavy atom. The lowest BCUT2D eigenvalue weighted by Crippen LogP contribution is -2.36. The summed E-state index contributed by atoms with van der Waals surface area (Å²) in [7, 11) is 1.34. The van der Waals surface area contributed by atoms with Crippen molar-refractivity contribution in [2.24, 2.45) is 0 Å². The molecule has 1 saturated heterocycles. The number of hydrogen-bond acceptors (Lipinski definition) is 6. The van der Waals surface area contributed by atoms with Crippen molar-refractivity contribution in [2.45, 2.75) is 12.1 Å². The van der Waals surface area contributed by atoms with Crippen LogP contribution in [-0.4, -0.2) is 40.5 Å². The van der Waals surface area contributed by atoms with E-state index in [0.29, 0.717) is 27.9 Å². The molecule has 3 heterocycles. The Kier molecular flexibility index (Phi) is 6.96. The van der Waals surface area contributed by atoms with Gasteiger partial charge in [0.15, 0.2) is 5.11 Å². The molecule has 0 saturated carbocycles. The number of methoxy groups -OCH3 is 1. The molecule has 1 aliphatic rings. The molecule has 5 rings (SSSR count). The average Bonchev–Trinajstić information content (AvgIpc) is 3.54. The number of thiocarbonyl (C=S) groups is 1. The number of benzene rings is 2. The predicted octanol–water partition coefficient (Wildman–Crippen LogP) is 4.74. The number of amides is 1. The van der Waals surface area contributed by atoms with Gasteiger partial charge in [0.2, 0.25) is 5.91 Å². The van der Waals surface area contributed by atoms with Gasteiger partial charge in [0.25, 0.3) is 0 Å². The van der Waals surface area contributed by atoms with Gasteiger partial charge in [-0.15, -0.1) is 0 Å². The van der Waals surface area contributed by atoms with Crippen molar-refractivity contribution in [3.05, 3.63) is 108 Å². The highest BCUT2D eigenvalue weighted by atomic mass is 32.1. The zero-order chi connectivity index (χ0) is 25.8. The first-order valence-corrected chi connectivity index (χ1v) is 12.1. The maximum absolute atomic E-state index is 13.0. The van der Waals surface area contributed by atoms with Gasteiger partial charge in [-0.25, -0.2) is 4.79 Å². The highest BCUT2D eigenvalue weighted by Gasteiger charge is 2.42. The Hall–Kier alpha value is -4.50. The summed E-state index contributed by atoms with van der Waals surface area (Å²) in [4.78, 5) is 31.3. The quantitative estimate of drug-likeness (QED) is 0.271. The fourth-order valence-electron chi connectivity index (χ4n) is 4.35. The minimum absolute atomic E-state index is 0.0165. The van der Waals surface area contributed by atoms with Crippen molar-refractivity contribution in [3.8, 4) is 11.3 Å². The molecule has 8 nitrogen and oxygen atoms in total. The van der Waals surface area contributed by atoms with Gasteiger partial charge < -0.3 is 24.7 Å². The van der Waals surface area contributed by atoms with E-state index in [1.54, 1.807) is 29.3 Å². The number of rotatable bonds is 7. The Labute approximate surface area is 219 Å². The number of ether oxygens (including phenoxy) is 1. The standard InChI is InChI=1S/C28H24N4O4S/c1-35-27(34)19-9-7-8-18(16-19)22-13-14-23(36-22)26-25(21-12-5-6-15-29-21)31-28(37)32(26)17-24(33)30-20-10-3-2-4-11-20/h2-16,25-26H,17H2,1H3,(H,30,33)(H,31,37). The summed E-state index contributed by atoms with van der Waals surface area (Å²) in [6, 6.07) is 24.9. The van der Waals surface area contributed by atoms with Gasteiger partial charge in [0.05, 0.1) is 24.4 Å². The molecule has 0 radical (unpaired) electrons. The first kappa shape index (κ1) is 24.2. The lowest BCUT2D eigenvalue weighted by molar-refractivity contribution is -0.116. The molecule has 1 amide bonds. The number of carbonyl (C=O) groups excluding carboxylic acids is 2. The van der Waals surface area contributed by atoms with Gasteiger partial charge in [0.1, 0.15) is 24.1 Å². The van der Waals surface area contributed by atoms with Crippen LogP contribution in [0.15, 0.2) is 95.5 Å². The van der Waals surface area contributed by atoms with Gasteiger partial charge in [0, 0.05) is 17.4 Å². The Bertz CT molecular complexity index is 1420. The van der Waals surface area contributed by atoms with Crippen LogP contribution in [0.2, 0.25) is 0 Å². The molecule has 2 unspecified atom stereocenters. The summed E-state index contributed by atoms with van der Waals surface area (Å²) in [5, 5.41) is 6.65. The normalized spacial score (nSPS) is 16.8. The summed E-state index contributed by atoms with van der Waals surface area (Å²) < 4.78 is 11.1. The van der Waals surface area contributed by atoms with E-state index in [1.807, 2.05) is 66.7 Å². The number of para-hydroxylation sites is 1. The van der Waals surface area contributed by atoms with Crippen molar-refractivity contribution in [1.29, 1.82) is 0 Å². The average molecular weight is 513 g/mol. The number of aromatic nitrogens is 1. The van der Waals surface area contributed by atoms with E-state index in [9.17, 15) is 9.59 Å². The van der Waals surface area contributed by atoms with Gasteiger partial charge in [-0.05, 0) is 60.7 Å². The van der Waals surface area contributed by atoms with Crippen LogP contribution in [0, 0.1) is 0 Å². The molecule has 2 aromatic heterocycles. The van der Waals surface area contributed by atoms with E-state index >= 15 is 0 Å². The third-order valence-electron chi connectivity index (χ3n) is 6.06. The van der Waals surface area contributed by atoms with E-state index in [4.69, 9.17) is 21.4 Å². The van der Waals surface area contributed by atoms with Crippen LogP contribution in [0.5, 0.6) is 0 Å². The summed E-state index contributed by atoms with van der Waals surface area (Å²) in [6.45, 7) is 0.0165. The first-order chi connectivity index (χ1) is 18.0. The molecule has 0 spiro atoms. The molecule has 186 valence electrons. The van der Waals surface area contributed by atoms with Gasteiger partial charge >= 0.3 is 5.97 Å². The summed E-state index contributed by atoms with van der Waals surface area (Å²) in [5.74, 6) is 0.547. The summed E-state index contributed by atoms with van der Waals surface area (Å²) in [5.41, 5.74) is 2.62. The maximum Gasteiger partial charge on any atom is 0.337 e. The van der Waals surface area contributed by atoms with Crippen LogP contribution in [0.1, 0.15) is 33.9 Å². The van der Waals surface area contributed by atoms with E-state index in [-0.39, 0.29) is 18.5 Å². The minimum atomic E-state index is -0.429. The lowest BCUT2D eigenvalue weighted by atomic mass is 10.0. The fraction of sp³-hybridized carbons (Fsp3) is 0.143. The number of hydrogen-bond donors (Lipinski definition) is 2. The van der Waals surface area contributed by atoms with Crippen molar-refractivity contribution in [1.82, 2.24) is 15.2 Å². The highest BCUT2D eigenvalue weighted by molar-refractivity contribution is 7.80. The molecule has 4 aromatic rings. The van der Waals surface area contributed by atoms with E-state index in [0.717, 1.165) is 11.3 Å². The maximum atomic E-state index is 13.0. The molecule has 2 aromatic carbocycles. The first-order valence-electron chi connectivity index (χ1n) is 11.6. The second-order valence-electron chi connectivity index (χ2n) is 8.44. The number of anilines is 1. The number of furan rings is 1. The number of esters is 1. The van der Waals surface area contributed by atoms with Gasteiger partial charge in [-0.1, -0.05) is 36.4 Å². The van der Waals surface area contributed by atoms with Gasteiger partial charge in [-0.2, -0.15) is 0 Å². The molecule has 9 heteroatoms.